The number of imide groups is 2. The van der Waals surface area contributed by atoms with Crippen LogP contribution in [0.15, 0.2) is 0 Å². The van der Waals surface area contributed by atoms with Crippen LogP contribution in [0.4, 0.5) is 0 Å². The van der Waals surface area contributed by atoms with Crippen molar-refractivity contribution in [2.75, 3.05) is 39.3 Å². The number of rotatable bonds is 9. The monoisotopic (exact) mass is 398 g/mol. The zero-order chi connectivity index (χ0) is 22.0. The maximum atomic E-state index is 11.9. The molecule has 0 radical (unpaired) electrons. The molecule has 0 atom stereocenters. The number of hydrogen-bond acceptors (Lipinski definition) is 6. The summed E-state index contributed by atoms with van der Waals surface area (Å²) in [4.78, 5) is 74.5. The van der Waals surface area contributed by atoms with Crippen LogP contribution < -0.4 is 0 Å². The van der Waals surface area contributed by atoms with Gasteiger partial charge >= 0.3 is 0 Å². The van der Waals surface area contributed by atoms with E-state index in [0.29, 0.717) is 0 Å². The second kappa shape index (κ2) is 11.8. The van der Waals surface area contributed by atoms with Gasteiger partial charge in [-0.1, -0.05) is 0 Å². The first kappa shape index (κ1) is 25.2. The van der Waals surface area contributed by atoms with Crippen molar-refractivity contribution in [3.8, 4) is 0 Å². The van der Waals surface area contributed by atoms with Crippen molar-refractivity contribution >= 4 is 35.4 Å². The fraction of sp³-hybridized carbons (Fsp3) is 0.667. The van der Waals surface area contributed by atoms with Crippen LogP contribution in [0.2, 0.25) is 0 Å². The molecule has 6 amide bonds. The normalized spacial score (nSPS) is 10.1. The Morgan fingerprint density at radius 3 is 0.786 bits per heavy atom. The molecule has 0 saturated carbocycles. The summed E-state index contributed by atoms with van der Waals surface area (Å²) in [7, 11) is 0. The number of amides is 6. The Bertz CT molecular complexity index is 552. The van der Waals surface area contributed by atoms with Crippen molar-refractivity contribution in [2.45, 2.75) is 41.5 Å². The second-order valence-electron chi connectivity index (χ2n) is 6.39. The van der Waals surface area contributed by atoms with Gasteiger partial charge in [-0.2, -0.15) is 0 Å². The lowest BCUT2D eigenvalue weighted by Crippen LogP contribution is -2.46. The predicted molar refractivity (Wildman–Crippen MR) is 101 cm³/mol. The smallest absolute Gasteiger partial charge is 0.226 e. The van der Waals surface area contributed by atoms with Crippen LogP contribution in [0.3, 0.4) is 0 Å². The van der Waals surface area contributed by atoms with Gasteiger partial charge in [0.2, 0.25) is 35.4 Å². The Labute approximate surface area is 165 Å². The fourth-order valence-corrected chi connectivity index (χ4v) is 2.61. The maximum Gasteiger partial charge on any atom is 0.226 e. The van der Waals surface area contributed by atoms with Gasteiger partial charge in [-0.3, -0.25) is 38.6 Å². The van der Waals surface area contributed by atoms with E-state index in [-0.39, 0.29) is 51.1 Å². The summed E-state index contributed by atoms with van der Waals surface area (Å²) in [6.07, 6.45) is 0. The molecule has 0 fully saturated rings. The van der Waals surface area contributed by atoms with Gasteiger partial charge in [0, 0.05) is 80.8 Å². The van der Waals surface area contributed by atoms with Crippen molar-refractivity contribution in [3.05, 3.63) is 0 Å². The zero-order valence-electron chi connectivity index (χ0n) is 17.5. The molecule has 0 aliphatic carbocycles. The van der Waals surface area contributed by atoms with Crippen LogP contribution in [0.5, 0.6) is 0 Å². The SMILES string of the molecule is CC(=O)N(CCN(CCN(C(C)=O)C(C)=O)C(C)=O)CCN(C(C)=O)C(C)=O. The fourth-order valence-electron chi connectivity index (χ4n) is 2.61. The predicted octanol–water partition coefficient (Wildman–Crippen LogP) is -0.527. The molecule has 158 valence electrons. The highest BCUT2D eigenvalue weighted by Gasteiger charge is 2.20. The largest absolute Gasteiger partial charge is 0.339 e. The lowest BCUT2D eigenvalue weighted by molar-refractivity contribution is -0.145. The van der Waals surface area contributed by atoms with Gasteiger partial charge in [-0.25, -0.2) is 0 Å². The average molecular weight is 398 g/mol. The van der Waals surface area contributed by atoms with E-state index < -0.39 is 23.6 Å². The van der Waals surface area contributed by atoms with E-state index >= 15 is 0 Å². The lowest BCUT2D eigenvalue weighted by Gasteiger charge is -2.29. The van der Waals surface area contributed by atoms with Crippen LogP contribution in [-0.4, -0.2) is 94.3 Å². The molecule has 0 aliphatic heterocycles. The van der Waals surface area contributed by atoms with Crippen LogP contribution in [0.1, 0.15) is 41.5 Å². The second-order valence-corrected chi connectivity index (χ2v) is 6.39. The molecule has 0 bridgehead atoms. The molecule has 0 heterocycles. The van der Waals surface area contributed by atoms with Gasteiger partial charge in [0.15, 0.2) is 0 Å². The highest BCUT2D eigenvalue weighted by Crippen LogP contribution is 2.00. The average Bonchev–Trinajstić information content (AvgIpc) is 2.53. The minimum atomic E-state index is -0.407. The standard InChI is InChI=1S/C18H30N4O6/c1-13(23)19(9-11-21(15(3)25)16(4)26)7-8-20(14(2)24)10-12-22(17(5)27)18(6)28/h7-12H2,1-6H3. The summed E-state index contributed by atoms with van der Waals surface area (Å²) < 4.78 is 0. The molecule has 28 heavy (non-hydrogen) atoms. The first-order valence-corrected chi connectivity index (χ1v) is 8.96. The van der Waals surface area contributed by atoms with Crippen molar-refractivity contribution < 1.29 is 28.8 Å². The van der Waals surface area contributed by atoms with Crippen molar-refractivity contribution in [2.24, 2.45) is 0 Å². The molecule has 0 aliphatic rings. The number of carbonyl (C=O) groups excluding carboxylic acids is 6. The molecule has 0 rings (SSSR count). The summed E-state index contributed by atoms with van der Waals surface area (Å²) >= 11 is 0. The van der Waals surface area contributed by atoms with Gasteiger partial charge < -0.3 is 9.80 Å². The number of carbonyl (C=O) groups is 6. The quantitative estimate of drug-likeness (QED) is 0.516. The van der Waals surface area contributed by atoms with Crippen LogP contribution in [0.25, 0.3) is 0 Å². The first-order chi connectivity index (χ1) is 12.9. The first-order valence-electron chi connectivity index (χ1n) is 8.96. The number of nitrogens with zero attached hydrogens (tertiary/aromatic N) is 4. The van der Waals surface area contributed by atoms with E-state index in [4.69, 9.17) is 0 Å². The Kier molecular flexibility index (Phi) is 10.7. The van der Waals surface area contributed by atoms with E-state index in [1.165, 1.54) is 51.3 Å². The van der Waals surface area contributed by atoms with E-state index in [2.05, 4.69) is 0 Å². The van der Waals surface area contributed by atoms with Crippen molar-refractivity contribution in [1.82, 2.24) is 19.6 Å². The molecule has 0 N–H and O–H groups in total. The summed E-state index contributed by atoms with van der Waals surface area (Å²) in [6, 6.07) is 0. The Morgan fingerprint density at radius 1 is 0.393 bits per heavy atom. The van der Waals surface area contributed by atoms with Crippen LogP contribution >= 0.6 is 0 Å². The minimum absolute atomic E-state index is 0.0623. The van der Waals surface area contributed by atoms with Gasteiger partial charge in [0.05, 0.1) is 0 Å². The summed E-state index contributed by atoms with van der Waals surface area (Å²) in [5, 5.41) is 0. The topological polar surface area (TPSA) is 115 Å². The summed E-state index contributed by atoms with van der Waals surface area (Å²) in [6.45, 7) is 8.60. The number of hydrogen-bond donors (Lipinski definition) is 0. The molecule has 10 heteroatoms. The Hall–Kier alpha value is -2.78. The summed E-state index contributed by atoms with van der Waals surface area (Å²) in [5.74, 6) is -2.15. The van der Waals surface area contributed by atoms with E-state index in [1.54, 1.807) is 0 Å². The van der Waals surface area contributed by atoms with Crippen LogP contribution in [0, 0.1) is 0 Å². The van der Waals surface area contributed by atoms with Crippen molar-refractivity contribution in [1.29, 1.82) is 0 Å². The minimum Gasteiger partial charge on any atom is -0.339 e. The molecule has 0 unspecified atom stereocenters. The molecule has 0 saturated heterocycles. The van der Waals surface area contributed by atoms with Gasteiger partial charge in [0.25, 0.3) is 0 Å². The van der Waals surface area contributed by atoms with E-state index in [1.807, 2.05) is 0 Å². The molecular weight excluding hydrogens is 368 g/mol. The van der Waals surface area contributed by atoms with Gasteiger partial charge in [-0.15, -0.1) is 0 Å². The van der Waals surface area contributed by atoms with Crippen molar-refractivity contribution in [3.63, 3.8) is 0 Å². The highest BCUT2D eigenvalue weighted by atomic mass is 16.2. The lowest BCUT2D eigenvalue weighted by atomic mass is 10.3. The van der Waals surface area contributed by atoms with E-state index in [0.717, 1.165) is 9.80 Å². The van der Waals surface area contributed by atoms with Crippen LogP contribution in [-0.2, 0) is 28.8 Å². The molecular formula is C18H30N4O6. The van der Waals surface area contributed by atoms with Gasteiger partial charge in [0.1, 0.15) is 0 Å². The molecule has 0 spiro atoms. The maximum absolute atomic E-state index is 11.9. The third kappa shape index (κ3) is 8.74. The summed E-state index contributed by atoms with van der Waals surface area (Å²) in [5.41, 5.74) is 0. The molecule has 10 nitrogen and oxygen atoms in total. The van der Waals surface area contributed by atoms with E-state index in [9.17, 15) is 28.8 Å². The third-order valence-electron chi connectivity index (χ3n) is 4.24. The Morgan fingerprint density at radius 2 is 0.607 bits per heavy atom. The third-order valence-corrected chi connectivity index (χ3v) is 4.24. The molecule has 0 aromatic carbocycles. The molecule has 0 aromatic rings. The van der Waals surface area contributed by atoms with Gasteiger partial charge in [-0.05, 0) is 0 Å². The zero-order valence-corrected chi connectivity index (χ0v) is 17.5. The molecule has 0 aromatic heterocycles. The Balaban J connectivity index is 4.90. The highest BCUT2D eigenvalue weighted by molar-refractivity contribution is 5.93.